The van der Waals surface area contributed by atoms with Gasteiger partial charge in [-0.15, -0.1) is 10.2 Å². The van der Waals surface area contributed by atoms with E-state index in [1.165, 1.54) is 17.3 Å². The number of thioether (sulfide) groups is 1. The normalized spacial score (nSPS) is 11.2. The fraction of sp³-hybridized carbons (Fsp3) is 0.241. The van der Waals surface area contributed by atoms with Gasteiger partial charge >= 0.3 is 0 Å². The maximum atomic E-state index is 13.2. The van der Waals surface area contributed by atoms with Crippen LogP contribution in [-0.4, -0.2) is 33.0 Å². The predicted octanol–water partition coefficient (Wildman–Crippen LogP) is 6.27. The highest BCUT2D eigenvalue weighted by Crippen LogP contribution is 2.30. The zero-order valence-electron chi connectivity index (χ0n) is 20.8. The fourth-order valence-electron chi connectivity index (χ4n) is 3.85. The molecule has 36 heavy (non-hydrogen) atoms. The topological polar surface area (TPSA) is 74.8 Å². The minimum Gasteiger partial charge on any atom is -0.311 e. The summed E-state index contributed by atoms with van der Waals surface area (Å²) in [6.07, 6.45) is 0.264. The molecule has 1 heterocycles. The first-order valence-electron chi connectivity index (χ1n) is 11.9. The first-order valence-corrected chi connectivity index (χ1v) is 12.8. The number of para-hydroxylation sites is 2. The predicted molar refractivity (Wildman–Crippen MR) is 145 cm³/mol. The molecule has 4 aromatic rings. The molecule has 0 aliphatic carbocycles. The molecule has 0 N–H and O–H groups in total. The van der Waals surface area contributed by atoms with Gasteiger partial charge in [0.25, 0.3) is 0 Å². The van der Waals surface area contributed by atoms with Crippen molar-refractivity contribution in [2.75, 3.05) is 17.2 Å². The molecule has 4 rings (SSSR count). The number of amides is 1. The van der Waals surface area contributed by atoms with E-state index in [-0.39, 0.29) is 23.5 Å². The second kappa shape index (κ2) is 11.2. The highest BCUT2D eigenvalue weighted by Gasteiger charge is 2.21. The maximum Gasteiger partial charge on any atom is 0.237 e. The van der Waals surface area contributed by atoms with E-state index in [0.29, 0.717) is 11.7 Å². The monoisotopic (exact) mass is 495 g/mol. The van der Waals surface area contributed by atoms with Crippen molar-refractivity contribution in [2.45, 2.75) is 37.8 Å². The van der Waals surface area contributed by atoms with Crippen LogP contribution < -0.4 is 4.90 Å². The Balaban J connectivity index is 1.63. The molecule has 0 fully saturated rings. The molecule has 3 aromatic carbocycles. The average Bonchev–Trinajstić information content (AvgIpc) is 3.32. The zero-order chi connectivity index (χ0) is 25.5. The molecule has 0 unspecified atom stereocenters. The fourth-order valence-corrected chi connectivity index (χ4v) is 4.68. The number of carbonyl (C=O) groups is 1. The molecule has 6 nitrogen and oxygen atoms in total. The lowest BCUT2D eigenvalue weighted by Gasteiger charge is -2.21. The van der Waals surface area contributed by atoms with Crippen molar-refractivity contribution in [3.05, 3.63) is 90.5 Å². The summed E-state index contributed by atoms with van der Waals surface area (Å²) < 4.78 is 1.99. The lowest BCUT2D eigenvalue weighted by atomic mass is 9.87. The summed E-state index contributed by atoms with van der Waals surface area (Å²) in [7, 11) is 0. The Kier molecular flexibility index (Phi) is 7.87. The van der Waals surface area contributed by atoms with Crippen LogP contribution in [0.2, 0.25) is 0 Å². The lowest BCUT2D eigenvalue weighted by Crippen LogP contribution is -2.33. The summed E-state index contributed by atoms with van der Waals surface area (Å²) in [5.41, 5.74) is 3.97. The summed E-state index contributed by atoms with van der Waals surface area (Å²) in [5.74, 6) is 0.815. The SMILES string of the molecule is CC(C)(C)c1ccc(-c2nnc(SCC(=O)N(CCC#N)c3ccccc3)n2-c2ccccc2)cc1. The van der Waals surface area contributed by atoms with Crippen LogP contribution in [0.5, 0.6) is 0 Å². The van der Waals surface area contributed by atoms with Crippen LogP contribution in [0.25, 0.3) is 17.1 Å². The Labute approximate surface area is 216 Å². The minimum absolute atomic E-state index is 0.0587. The van der Waals surface area contributed by atoms with E-state index in [9.17, 15) is 4.79 Å². The van der Waals surface area contributed by atoms with E-state index in [2.05, 4.69) is 61.3 Å². The number of anilines is 1. The molecule has 0 radical (unpaired) electrons. The second-order valence-electron chi connectivity index (χ2n) is 9.38. The Morgan fingerprint density at radius 2 is 1.58 bits per heavy atom. The van der Waals surface area contributed by atoms with Crippen molar-refractivity contribution in [3.8, 4) is 23.1 Å². The van der Waals surface area contributed by atoms with Gasteiger partial charge in [0.05, 0.1) is 18.2 Å². The Bertz CT molecular complexity index is 1340. The van der Waals surface area contributed by atoms with E-state index < -0.39 is 0 Å². The molecular weight excluding hydrogens is 466 g/mol. The van der Waals surface area contributed by atoms with Gasteiger partial charge in [-0.1, -0.05) is 93.2 Å². The van der Waals surface area contributed by atoms with Gasteiger partial charge < -0.3 is 4.90 Å². The number of carbonyl (C=O) groups excluding carboxylic acids is 1. The third kappa shape index (κ3) is 5.84. The van der Waals surface area contributed by atoms with E-state index in [1.54, 1.807) is 4.90 Å². The number of benzene rings is 3. The second-order valence-corrected chi connectivity index (χ2v) is 10.3. The summed E-state index contributed by atoms with van der Waals surface area (Å²) in [5, 5.41) is 18.7. The Morgan fingerprint density at radius 3 is 2.19 bits per heavy atom. The highest BCUT2D eigenvalue weighted by atomic mass is 32.2. The van der Waals surface area contributed by atoms with Gasteiger partial charge in [0.15, 0.2) is 11.0 Å². The molecule has 1 aromatic heterocycles. The largest absolute Gasteiger partial charge is 0.311 e. The van der Waals surface area contributed by atoms with Crippen LogP contribution >= 0.6 is 11.8 Å². The van der Waals surface area contributed by atoms with Crippen molar-refractivity contribution in [1.82, 2.24) is 14.8 Å². The van der Waals surface area contributed by atoms with Crippen molar-refractivity contribution < 1.29 is 4.79 Å². The number of hydrogen-bond donors (Lipinski definition) is 0. The van der Waals surface area contributed by atoms with Gasteiger partial charge in [-0.25, -0.2) is 0 Å². The molecule has 0 aliphatic heterocycles. The summed E-state index contributed by atoms with van der Waals surface area (Å²) in [6.45, 7) is 6.91. The number of hydrogen-bond acceptors (Lipinski definition) is 5. The molecule has 0 spiro atoms. The van der Waals surface area contributed by atoms with Gasteiger partial charge in [0, 0.05) is 23.5 Å². The number of rotatable bonds is 8. The Hall–Kier alpha value is -3.89. The van der Waals surface area contributed by atoms with E-state index in [4.69, 9.17) is 5.26 Å². The third-order valence-corrected chi connectivity index (χ3v) is 6.71. The van der Waals surface area contributed by atoms with Gasteiger partial charge in [0.2, 0.25) is 5.91 Å². The summed E-state index contributed by atoms with van der Waals surface area (Å²) >= 11 is 1.34. The van der Waals surface area contributed by atoms with Crippen molar-refractivity contribution in [3.63, 3.8) is 0 Å². The van der Waals surface area contributed by atoms with Crippen molar-refractivity contribution in [2.24, 2.45) is 0 Å². The van der Waals surface area contributed by atoms with Gasteiger partial charge in [-0.3, -0.25) is 9.36 Å². The van der Waals surface area contributed by atoms with Crippen LogP contribution in [-0.2, 0) is 10.2 Å². The molecule has 0 aliphatic rings. The van der Waals surface area contributed by atoms with E-state index in [0.717, 1.165) is 22.8 Å². The summed E-state index contributed by atoms with van der Waals surface area (Å²) in [6, 6.07) is 29.9. The van der Waals surface area contributed by atoms with Crippen LogP contribution in [0.15, 0.2) is 90.1 Å². The maximum absolute atomic E-state index is 13.2. The van der Waals surface area contributed by atoms with Gasteiger partial charge in [-0.05, 0) is 35.2 Å². The van der Waals surface area contributed by atoms with Crippen LogP contribution in [0.1, 0.15) is 32.8 Å². The molecular formula is C29H29N5OS. The van der Waals surface area contributed by atoms with Crippen molar-refractivity contribution in [1.29, 1.82) is 5.26 Å². The molecule has 0 saturated carbocycles. The smallest absolute Gasteiger partial charge is 0.237 e. The van der Waals surface area contributed by atoms with Crippen LogP contribution in [0, 0.1) is 11.3 Å². The first-order chi connectivity index (χ1) is 17.4. The molecule has 0 atom stereocenters. The summed E-state index contributed by atoms with van der Waals surface area (Å²) in [4.78, 5) is 14.9. The first kappa shape index (κ1) is 25.2. The van der Waals surface area contributed by atoms with Gasteiger partial charge in [-0.2, -0.15) is 5.26 Å². The van der Waals surface area contributed by atoms with E-state index in [1.807, 2.05) is 65.2 Å². The molecule has 7 heteroatoms. The van der Waals surface area contributed by atoms with Gasteiger partial charge in [0.1, 0.15) is 0 Å². The standard InChI is InChI=1S/C29H29N5OS/c1-29(2,3)23-17-15-22(16-18-23)27-31-32-28(34(27)25-13-8-5-9-14-25)36-21-26(35)33(20-10-19-30)24-11-6-4-7-12-24/h4-9,11-18H,10,20-21H2,1-3H3. The molecule has 182 valence electrons. The Morgan fingerprint density at radius 1 is 0.944 bits per heavy atom. The molecule has 0 bridgehead atoms. The third-order valence-electron chi connectivity index (χ3n) is 5.80. The minimum atomic E-state index is -0.0832. The zero-order valence-corrected chi connectivity index (χ0v) is 21.6. The highest BCUT2D eigenvalue weighted by molar-refractivity contribution is 7.99. The lowest BCUT2D eigenvalue weighted by molar-refractivity contribution is -0.116. The molecule has 1 amide bonds. The van der Waals surface area contributed by atoms with E-state index >= 15 is 0 Å². The molecule has 0 saturated heterocycles. The number of nitrogens with zero attached hydrogens (tertiary/aromatic N) is 5. The number of aromatic nitrogens is 3. The quantitative estimate of drug-likeness (QED) is 0.269. The van der Waals surface area contributed by atoms with Crippen LogP contribution in [0.3, 0.4) is 0 Å². The number of nitriles is 1. The average molecular weight is 496 g/mol. The van der Waals surface area contributed by atoms with Crippen LogP contribution in [0.4, 0.5) is 5.69 Å². The van der Waals surface area contributed by atoms with Crippen molar-refractivity contribution >= 4 is 23.4 Å².